The van der Waals surface area contributed by atoms with E-state index in [1.807, 2.05) is 29.9 Å². The average Bonchev–Trinajstić information content (AvgIpc) is 3.26. The normalized spacial score (nSPS) is 15.4. The number of guanidine groups is 1. The van der Waals surface area contributed by atoms with Gasteiger partial charge in [-0.05, 0) is 38.3 Å². The minimum absolute atomic E-state index is 0. The van der Waals surface area contributed by atoms with Gasteiger partial charge in [0.2, 0.25) is 0 Å². The van der Waals surface area contributed by atoms with E-state index in [2.05, 4.69) is 39.9 Å². The molecule has 0 amide bonds. The third kappa shape index (κ3) is 6.44. The van der Waals surface area contributed by atoms with E-state index < -0.39 is 0 Å². The van der Waals surface area contributed by atoms with Crippen LogP contribution in [0.5, 0.6) is 0 Å². The molecule has 0 aliphatic heterocycles. The van der Waals surface area contributed by atoms with Crippen LogP contribution in [0.2, 0.25) is 0 Å². The molecule has 1 saturated carbocycles. The first-order chi connectivity index (χ1) is 12.7. The summed E-state index contributed by atoms with van der Waals surface area (Å²) in [7, 11) is 1.99. The second-order valence-electron chi connectivity index (χ2n) is 6.94. The number of aliphatic imine (C=N–C) groups is 1. The van der Waals surface area contributed by atoms with Crippen LogP contribution in [-0.2, 0) is 26.6 Å². The number of rotatable bonds is 6. The number of nitrogens with zero attached hydrogens (tertiary/aromatic N) is 4. The fourth-order valence-electron chi connectivity index (χ4n) is 3.21. The lowest BCUT2D eigenvalue weighted by Gasteiger charge is -2.25. The lowest BCUT2D eigenvalue weighted by Crippen LogP contribution is -2.44. The molecule has 1 fully saturated rings. The monoisotopic (exact) mass is 502 g/mol. The molecular formula is C19H31IN6S. The molecule has 0 bridgehead atoms. The molecule has 0 radical (unpaired) electrons. The Balaban J connectivity index is 0.00000261. The number of aromatic nitrogens is 3. The Hall–Kier alpha value is -1.16. The van der Waals surface area contributed by atoms with Crippen LogP contribution < -0.4 is 10.6 Å². The van der Waals surface area contributed by atoms with Gasteiger partial charge in [0.15, 0.2) is 11.8 Å². The quantitative estimate of drug-likeness (QED) is 0.357. The zero-order valence-electron chi connectivity index (χ0n) is 16.5. The first kappa shape index (κ1) is 22.1. The van der Waals surface area contributed by atoms with Crippen molar-refractivity contribution in [2.75, 3.05) is 0 Å². The van der Waals surface area contributed by atoms with Crippen molar-refractivity contribution >= 4 is 41.3 Å². The van der Waals surface area contributed by atoms with E-state index in [0.29, 0.717) is 12.6 Å². The predicted octanol–water partition coefficient (Wildman–Crippen LogP) is 3.93. The number of hydrogen-bond acceptors (Lipinski definition) is 4. The van der Waals surface area contributed by atoms with Crippen LogP contribution in [0.1, 0.15) is 60.4 Å². The van der Waals surface area contributed by atoms with Gasteiger partial charge in [-0.3, -0.25) is 0 Å². The van der Waals surface area contributed by atoms with Crippen LogP contribution in [0.15, 0.2) is 17.1 Å². The molecule has 6 nitrogen and oxygen atoms in total. The smallest absolute Gasteiger partial charge is 0.192 e. The van der Waals surface area contributed by atoms with E-state index in [9.17, 15) is 0 Å². The van der Waals surface area contributed by atoms with E-state index >= 15 is 0 Å². The fourth-order valence-corrected chi connectivity index (χ4v) is 4.11. The van der Waals surface area contributed by atoms with Gasteiger partial charge in [-0.15, -0.1) is 45.5 Å². The topological polar surface area (TPSA) is 67.1 Å². The molecule has 0 aromatic carbocycles. The van der Waals surface area contributed by atoms with Gasteiger partial charge in [-0.2, -0.15) is 0 Å². The van der Waals surface area contributed by atoms with Crippen molar-refractivity contribution in [3.8, 4) is 0 Å². The van der Waals surface area contributed by atoms with Gasteiger partial charge >= 0.3 is 0 Å². The van der Waals surface area contributed by atoms with Gasteiger partial charge in [0, 0.05) is 22.8 Å². The molecule has 8 heteroatoms. The minimum Gasteiger partial charge on any atom is -0.354 e. The van der Waals surface area contributed by atoms with Crippen molar-refractivity contribution in [2.45, 2.75) is 71.5 Å². The average molecular weight is 502 g/mol. The molecule has 1 aliphatic rings. The highest BCUT2D eigenvalue weighted by Gasteiger charge is 2.15. The van der Waals surface area contributed by atoms with Crippen LogP contribution in [0.25, 0.3) is 0 Å². The largest absolute Gasteiger partial charge is 0.354 e. The van der Waals surface area contributed by atoms with Gasteiger partial charge in [0.1, 0.15) is 12.4 Å². The molecule has 3 rings (SSSR count). The minimum atomic E-state index is 0. The molecule has 2 aromatic rings. The molecule has 0 unspecified atom stereocenters. The van der Waals surface area contributed by atoms with Crippen molar-refractivity contribution in [1.82, 2.24) is 25.4 Å². The highest BCUT2D eigenvalue weighted by molar-refractivity contribution is 14.0. The Bertz CT molecular complexity index is 732. The zero-order valence-corrected chi connectivity index (χ0v) is 19.6. The zero-order chi connectivity index (χ0) is 18.4. The summed E-state index contributed by atoms with van der Waals surface area (Å²) in [5.74, 6) is 2.68. The third-order valence-electron chi connectivity index (χ3n) is 5.00. The Kier molecular flexibility index (Phi) is 9.01. The lowest BCUT2D eigenvalue weighted by atomic mass is 9.96. The first-order valence-corrected chi connectivity index (χ1v) is 10.4. The van der Waals surface area contributed by atoms with Crippen LogP contribution in [0.3, 0.4) is 0 Å². The number of hydrogen-bond donors (Lipinski definition) is 2. The second-order valence-corrected chi connectivity index (χ2v) is 8.19. The molecule has 0 spiro atoms. The maximum Gasteiger partial charge on any atom is 0.192 e. The van der Waals surface area contributed by atoms with E-state index in [1.54, 1.807) is 0 Å². The maximum atomic E-state index is 4.78. The van der Waals surface area contributed by atoms with Crippen molar-refractivity contribution in [3.05, 3.63) is 33.5 Å². The van der Waals surface area contributed by atoms with Crippen molar-refractivity contribution in [1.29, 1.82) is 0 Å². The molecule has 0 atom stereocenters. The SMILES string of the molecule is CCc1ccc(CNC(=NCc2nnc(C)n2C)NC2CCCCC2)s1.I. The highest BCUT2D eigenvalue weighted by atomic mass is 127. The van der Waals surface area contributed by atoms with Crippen molar-refractivity contribution < 1.29 is 0 Å². The molecule has 150 valence electrons. The Morgan fingerprint density at radius 2 is 1.96 bits per heavy atom. The number of aryl methyl sites for hydroxylation is 2. The summed E-state index contributed by atoms with van der Waals surface area (Å²) in [6, 6.07) is 4.95. The molecule has 2 aromatic heterocycles. The van der Waals surface area contributed by atoms with E-state index in [0.717, 1.165) is 30.6 Å². The van der Waals surface area contributed by atoms with Crippen LogP contribution in [-0.4, -0.2) is 26.8 Å². The van der Waals surface area contributed by atoms with Crippen LogP contribution in [0.4, 0.5) is 0 Å². The van der Waals surface area contributed by atoms with Gasteiger partial charge < -0.3 is 15.2 Å². The Morgan fingerprint density at radius 1 is 1.22 bits per heavy atom. The van der Waals surface area contributed by atoms with Gasteiger partial charge in [0.05, 0.1) is 6.54 Å². The summed E-state index contributed by atoms with van der Waals surface area (Å²) >= 11 is 1.87. The standard InChI is InChI=1S/C19H30N6S.HI/c1-4-16-10-11-17(26-16)12-20-19(22-15-8-6-5-7-9-15)21-13-18-24-23-14(2)25(18)3;/h10-11,15H,4-9,12-13H2,1-3H3,(H2,20,21,22);1H. The lowest BCUT2D eigenvalue weighted by molar-refractivity contribution is 0.409. The Labute approximate surface area is 183 Å². The van der Waals surface area contributed by atoms with Crippen molar-refractivity contribution in [3.63, 3.8) is 0 Å². The third-order valence-corrected chi connectivity index (χ3v) is 6.23. The molecule has 27 heavy (non-hydrogen) atoms. The number of thiophene rings is 1. The van der Waals surface area contributed by atoms with Gasteiger partial charge in [0.25, 0.3) is 0 Å². The second kappa shape index (κ2) is 11.0. The summed E-state index contributed by atoms with van der Waals surface area (Å²) in [6.07, 6.45) is 7.50. The summed E-state index contributed by atoms with van der Waals surface area (Å²) in [6.45, 7) is 5.50. The Morgan fingerprint density at radius 3 is 2.59 bits per heavy atom. The van der Waals surface area contributed by atoms with Crippen molar-refractivity contribution in [2.24, 2.45) is 12.0 Å². The summed E-state index contributed by atoms with van der Waals surface area (Å²) in [5, 5.41) is 15.5. The highest BCUT2D eigenvalue weighted by Crippen LogP contribution is 2.18. The van der Waals surface area contributed by atoms with E-state index in [-0.39, 0.29) is 24.0 Å². The molecular weight excluding hydrogens is 471 g/mol. The molecule has 1 aliphatic carbocycles. The summed E-state index contributed by atoms with van der Waals surface area (Å²) in [4.78, 5) is 7.55. The van der Waals surface area contributed by atoms with Crippen LogP contribution >= 0.6 is 35.3 Å². The van der Waals surface area contributed by atoms with E-state index in [1.165, 1.54) is 41.9 Å². The van der Waals surface area contributed by atoms with Gasteiger partial charge in [-0.1, -0.05) is 26.2 Å². The maximum absolute atomic E-state index is 4.78. The predicted molar refractivity (Wildman–Crippen MR) is 123 cm³/mol. The number of nitrogens with one attached hydrogen (secondary N) is 2. The first-order valence-electron chi connectivity index (χ1n) is 9.63. The number of halogens is 1. The fraction of sp³-hybridized carbons (Fsp3) is 0.632. The van der Waals surface area contributed by atoms with Gasteiger partial charge in [-0.25, -0.2) is 4.99 Å². The molecule has 2 heterocycles. The van der Waals surface area contributed by atoms with E-state index in [4.69, 9.17) is 4.99 Å². The molecule has 0 saturated heterocycles. The molecule has 2 N–H and O–H groups in total. The van der Waals surface area contributed by atoms with Crippen LogP contribution in [0, 0.1) is 6.92 Å². The summed E-state index contributed by atoms with van der Waals surface area (Å²) < 4.78 is 1.99. The summed E-state index contributed by atoms with van der Waals surface area (Å²) in [5.41, 5.74) is 0.